The molecular weight excluding hydrogens is 458 g/mol. The van der Waals surface area contributed by atoms with E-state index in [0.29, 0.717) is 12.0 Å². The molecule has 1 fully saturated rings. The number of nitrogens with zero attached hydrogens (tertiary/aromatic N) is 6. The molecule has 5 aromatic heterocycles. The third-order valence-electron chi connectivity index (χ3n) is 7.16. The molecule has 0 amide bonds. The van der Waals surface area contributed by atoms with Gasteiger partial charge in [0.05, 0.1) is 34.8 Å². The van der Waals surface area contributed by atoms with Crippen molar-refractivity contribution in [2.24, 2.45) is 0 Å². The second-order valence-electron chi connectivity index (χ2n) is 9.87. The monoisotopic (exact) mass is 489 g/mol. The molecule has 1 saturated heterocycles. The van der Waals surface area contributed by atoms with Crippen LogP contribution in [0.1, 0.15) is 49.8 Å². The maximum atomic E-state index is 9.19. The summed E-state index contributed by atoms with van der Waals surface area (Å²) in [5.74, 6) is 0.379. The number of aryl methyl sites for hydroxylation is 1. The van der Waals surface area contributed by atoms with Gasteiger partial charge in [0, 0.05) is 48.0 Å². The van der Waals surface area contributed by atoms with Crippen molar-refractivity contribution in [2.45, 2.75) is 45.6 Å². The number of pyridine rings is 1. The molecule has 0 aliphatic carbocycles. The van der Waals surface area contributed by atoms with E-state index in [-0.39, 0.29) is 6.61 Å². The Labute approximate surface area is 208 Å². The predicted octanol–water partition coefficient (Wildman–Crippen LogP) is 4.86. The van der Waals surface area contributed by atoms with Crippen LogP contribution in [-0.2, 0) is 0 Å². The van der Waals surface area contributed by atoms with Gasteiger partial charge in [0.25, 0.3) is 0 Å². The van der Waals surface area contributed by atoms with Crippen LogP contribution in [0.15, 0.2) is 37.1 Å². The largest absolute Gasteiger partial charge is 0.395 e. The van der Waals surface area contributed by atoms with E-state index in [9.17, 15) is 5.11 Å². The highest BCUT2D eigenvalue weighted by Gasteiger charge is 2.23. The number of hydrogen-bond donors (Lipinski definition) is 2. The molecule has 0 radical (unpaired) electrons. The molecule has 9 heteroatoms. The summed E-state index contributed by atoms with van der Waals surface area (Å²) in [7, 11) is 0. The minimum absolute atomic E-state index is 0.233. The van der Waals surface area contributed by atoms with Gasteiger partial charge in [-0.1, -0.05) is 13.8 Å². The number of aliphatic hydroxyl groups excluding tert-OH is 1. The van der Waals surface area contributed by atoms with Crippen LogP contribution in [0.4, 0.5) is 0 Å². The van der Waals surface area contributed by atoms with Gasteiger partial charge in [-0.15, -0.1) is 11.3 Å². The van der Waals surface area contributed by atoms with Crippen molar-refractivity contribution < 1.29 is 5.11 Å². The van der Waals surface area contributed by atoms with Crippen LogP contribution >= 0.6 is 11.3 Å². The summed E-state index contributed by atoms with van der Waals surface area (Å²) in [5.41, 5.74) is 8.00. The normalized spacial score (nSPS) is 15.8. The molecule has 0 spiro atoms. The van der Waals surface area contributed by atoms with Gasteiger partial charge in [0.15, 0.2) is 5.65 Å². The fraction of sp³-hybridized carbons (Fsp3) is 0.423. The van der Waals surface area contributed by atoms with Crippen LogP contribution < -0.4 is 0 Å². The molecule has 0 bridgehead atoms. The number of aromatic nitrogens is 6. The second-order valence-corrected chi connectivity index (χ2v) is 10.9. The topological polar surface area (TPSA) is 87.3 Å². The Kier molecular flexibility index (Phi) is 5.70. The summed E-state index contributed by atoms with van der Waals surface area (Å²) in [6.45, 7) is 9.63. The molecule has 0 unspecified atom stereocenters. The maximum absolute atomic E-state index is 9.19. The molecule has 6 heterocycles. The summed E-state index contributed by atoms with van der Waals surface area (Å²) < 4.78 is 5.31. The van der Waals surface area contributed by atoms with E-state index in [1.165, 1.54) is 31.9 Å². The number of aliphatic hydroxyl groups is 1. The number of piperidine rings is 1. The highest BCUT2D eigenvalue weighted by molar-refractivity contribution is 7.22. The van der Waals surface area contributed by atoms with E-state index in [2.05, 4.69) is 69.9 Å². The molecule has 1 aliphatic rings. The minimum Gasteiger partial charge on any atom is -0.395 e. The van der Waals surface area contributed by atoms with Crippen molar-refractivity contribution in [1.82, 2.24) is 34.3 Å². The lowest BCUT2D eigenvalue weighted by Gasteiger charge is -2.31. The summed E-state index contributed by atoms with van der Waals surface area (Å²) >= 11 is 1.84. The number of thiophene rings is 1. The molecule has 0 atom stereocenters. The van der Waals surface area contributed by atoms with Gasteiger partial charge in [-0.25, -0.2) is 9.50 Å². The summed E-state index contributed by atoms with van der Waals surface area (Å²) in [6, 6.07) is 4.89. The van der Waals surface area contributed by atoms with Crippen molar-refractivity contribution >= 4 is 27.2 Å². The van der Waals surface area contributed by atoms with Crippen LogP contribution in [0.3, 0.4) is 0 Å². The zero-order chi connectivity index (χ0) is 24.1. The highest BCUT2D eigenvalue weighted by Crippen LogP contribution is 2.43. The maximum Gasteiger partial charge on any atom is 0.158 e. The molecule has 8 nitrogen and oxygen atoms in total. The van der Waals surface area contributed by atoms with Gasteiger partial charge >= 0.3 is 0 Å². The third kappa shape index (κ3) is 3.97. The molecule has 5 aromatic rings. The van der Waals surface area contributed by atoms with Gasteiger partial charge in [0.1, 0.15) is 6.33 Å². The number of rotatable bonds is 6. The van der Waals surface area contributed by atoms with E-state index in [0.717, 1.165) is 49.2 Å². The lowest BCUT2D eigenvalue weighted by Crippen LogP contribution is -2.36. The lowest BCUT2D eigenvalue weighted by molar-refractivity contribution is 0.146. The smallest absolute Gasteiger partial charge is 0.158 e. The van der Waals surface area contributed by atoms with Crippen LogP contribution in [0.2, 0.25) is 0 Å². The van der Waals surface area contributed by atoms with Gasteiger partial charge in [-0.05, 0) is 48.9 Å². The molecule has 182 valence electrons. The molecule has 6 rings (SSSR count). The second kappa shape index (κ2) is 8.89. The van der Waals surface area contributed by atoms with Crippen molar-refractivity contribution in [3.05, 3.63) is 48.2 Å². The van der Waals surface area contributed by atoms with Gasteiger partial charge in [-0.2, -0.15) is 10.2 Å². The molecule has 2 N–H and O–H groups in total. The number of H-pyrrole nitrogens is 1. The number of hydrogen-bond acceptors (Lipinski definition) is 6. The average molecular weight is 490 g/mol. The Hall–Kier alpha value is -3.01. The van der Waals surface area contributed by atoms with E-state index in [1.807, 2.05) is 22.0 Å². The Morgan fingerprint density at radius 1 is 1.14 bits per heavy atom. The first kappa shape index (κ1) is 22.5. The fourth-order valence-corrected chi connectivity index (χ4v) is 6.65. The standard InChI is InChI=1S/C26H31N7OS/c1-16(2)23-24(18-10-17(3)26-27-15-29-33(26)13-18)30-21-11-22(35-25(21)23)19-12-28-32(14-19)20-4-6-31(7-5-20)8-9-34/h10-16,20,30,34H,4-9H2,1-3H3. The van der Waals surface area contributed by atoms with E-state index < -0.39 is 0 Å². The molecule has 0 aromatic carbocycles. The van der Waals surface area contributed by atoms with Gasteiger partial charge in [-0.3, -0.25) is 4.68 Å². The van der Waals surface area contributed by atoms with Crippen molar-refractivity contribution in [3.63, 3.8) is 0 Å². The van der Waals surface area contributed by atoms with Crippen molar-refractivity contribution in [2.75, 3.05) is 26.2 Å². The van der Waals surface area contributed by atoms with Crippen molar-refractivity contribution in [3.8, 4) is 21.7 Å². The zero-order valence-electron chi connectivity index (χ0n) is 20.4. The third-order valence-corrected chi connectivity index (χ3v) is 8.38. The first-order chi connectivity index (χ1) is 17.0. The average Bonchev–Trinajstić information content (AvgIpc) is 3.61. The van der Waals surface area contributed by atoms with Crippen molar-refractivity contribution in [1.29, 1.82) is 0 Å². The molecular formula is C26H31N7OS. The summed E-state index contributed by atoms with van der Waals surface area (Å²) in [6.07, 6.45) is 10.0. The highest BCUT2D eigenvalue weighted by atomic mass is 32.1. The molecule has 0 saturated carbocycles. The van der Waals surface area contributed by atoms with Crippen LogP contribution in [0.5, 0.6) is 0 Å². The van der Waals surface area contributed by atoms with E-state index in [4.69, 9.17) is 5.10 Å². The molecule has 35 heavy (non-hydrogen) atoms. The number of β-amino-alcohol motifs (C(OH)–C–C–N with tert-alkyl or cyclic N) is 1. The Morgan fingerprint density at radius 3 is 2.74 bits per heavy atom. The minimum atomic E-state index is 0.233. The van der Waals surface area contributed by atoms with E-state index in [1.54, 1.807) is 6.33 Å². The van der Waals surface area contributed by atoms with Crippen LogP contribution in [0, 0.1) is 6.92 Å². The van der Waals surface area contributed by atoms with Crippen LogP contribution in [0.25, 0.3) is 37.6 Å². The summed E-state index contributed by atoms with van der Waals surface area (Å²) in [4.78, 5) is 11.6. The number of aromatic amines is 1. The number of fused-ring (bicyclic) bond motifs is 2. The first-order valence-electron chi connectivity index (χ1n) is 12.4. The fourth-order valence-electron chi connectivity index (χ4n) is 5.36. The Balaban J connectivity index is 1.32. The number of nitrogens with one attached hydrogen (secondary N) is 1. The zero-order valence-corrected chi connectivity index (χ0v) is 21.2. The lowest BCUT2D eigenvalue weighted by atomic mass is 9.99. The Morgan fingerprint density at radius 2 is 1.97 bits per heavy atom. The quantitative estimate of drug-likeness (QED) is 0.356. The Bertz CT molecular complexity index is 1480. The first-order valence-corrected chi connectivity index (χ1v) is 13.2. The predicted molar refractivity (Wildman–Crippen MR) is 140 cm³/mol. The molecule has 1 aliphatic heterocycles. The van der Waals surface area contributed by atoms with Crippen LogP contribution in [-0.4, -0.2) is 65.6 Å². The van der Waals surface area contributed by atoms with Gasteiger partial charge in [0.2, 0.25) is 0 Å². The van der Waals surface area contributed by atoms with Gasteiger partial charge < -0.3 is 15.0 Å². The van der Waals surface area contributed by atoms with E-state index >= 15 is 0 Å². The summed E-state index contributed by atoms with van der Waals surface area (Å²) in [5, 5.41) is 18.3. The SMILES string of the molecule is Cc1cc(-c2[nH]c3cc(-c4cnn(C5CCN(CCO)CC5)c4)sc3c2C(C)C)cn2ncnc12. The number of likely N-dealkylation sites (tertiary alicyclic amines) is 1.